The van der Waals surface area contributed by atoms with E-state index >= 15 is 0 Å². The zero-order chi connectivity index (χ0) is 15.3. The predicted molar refractivity (Wildman–Crippen MR) is 83.4 cm³/mol. The number of aryl methyl sites for hydroxylation is 1. The van der Waals surface area contributed by atoms with Crippen molar-refractivity contribution >= 4 is 29.9 Å². The first-order chi connectivity index (χ1) is 9.32. The van der Waals surface area contributed by atoms with Crippen LogP contribution in [0.1, 0.15) is 13.8 Å². The fourth-order valence-electron chi connectivity index (χ4n) is 1.47. The van der Waals surface area contributed by atoms with Gasteiger partial charge in [0.05, 0.1) is 12.6 Å². The van der Waals surface area contributed by atoms with Crippen LogP contribution in [-0.4, -0.2) is 29.0 Å². The molecule has 1 rings (SSSR count). The van der Waals surface area contributed by atoms with Crippen molar-refractivity contribution in [1.29, 1.82) is 0 Å². The maximum atomic E-state index is 11.7. The summed E-state index contributed by atoms with van der Waals surface area (Å²) in [5.74, 6) is -0.881. The zero-order valence-corrected chi connectivity index (χ0v) is 13.1. The largest absolute Gasteiger partial charge is 0.346 e. The number of nitrogens with one attached hydrogen (secondary N) is 2. The van der Waals surface area contributed by atoms with Gasteiger partial charge in [-0.3, -0.25) is 14.4 Å². The number of aromatic nitrogens is 1. The number of halogens is 1. The summed E-state index contributed by atoms with van der Waals surface area (Å²) in [7, 11) is 1.58. The third-order valence-electron chi connectivity index (χ3n) is 2.84. The summed E-state index contributed by atoms with van der Waals surface area (Å²) in [5, 5.41) is 4.88. The minimum absolute atomic E-state index is 0. The van der Waals surface area contributed by atoms with Crippen molar-refractivity contribution in [3.05, 3.63) is 28.7 Å². The van der Waals surface area contributed by atoms with Crippen LogP contribution in [0.15, 0.2) is 23.1 Å². The first-order valence-corrected chi connectivity index (χ1v) is 6.31. The van der Waals surface area contributed by atoms with Crippen molar-refractivity contribution in [3.8, 4) is 0 Å². The first-order valence-electron chi connectivity index (χ1n) is 6.31. The van der Waals surface area contributed by atoms with Crippen LogP contribution < -0.4 is 21.9 Å². The maximum Gasteiger partial charge on any atom is 0.274 e. The number of nitrogens with zero attached hydrogens (tertiary/aromatic N) is 1. The highest BCUT2D eigenvalue weighted by atomic mass is 35.5. The van der Waals surface area contributed by atoms with E-state index in [9.17, 15) is 14.4 Å². The van der Waals surface area contributed by atoms with Gasteiger partial charge in [0.25, 0.3) is 5.56 Å². The maximum absolute atomic E-state index is 11.7. The minimum atomic E-state index is -0.660. The molecule has 0 aromatic carbocycles. The van der Waals surface area contributed by atoms with Crippen LogP contribution in [0.2, 0.25) is 0 Å². The SMILES string of the molecule is CC(C)[C@H](N)C(=O)NCC(=O)Nc1cccn(C)c1=O.Cl. The van der Waals surface area contributed by atoms with Gasteiger partial charge in [-0.15, -0.1) is 12.4 Å². The Morgan fingerprint density at radius 1 is 1.38 bits per heavy atom. The molecular formula is C13H21ClN4O3. The van der Waals surface area contributed by atoms with Gasteiger partial charge in [-0.2, -0.15) is 0 Å². The molecule has 1 aromatic heterocycles. The summed E-state index contributed by atoms with van der Waals surface area (Å²) in [6.45, 7) is 3.41. The molecule has 0 saturated heterocycles. The molecule has 2 amide bonds. The van der Waals surface area contributed by atoms with E-state index in [1.54, 1.807) is 19.3 Å². The Morgan fingerprint density at radius 2 is 2.00 bits per heavy atom. The Hall–Kier alpha value is -1.86. The van der Waals surface area contributed by atoms with Gasteiger partial charge in [0.15, 0.2) is 0 Å². The first kappa shape index (κ1) is 19.1. The second-order valence-electron chi connectivity index (χ2n) is 4.87. The van der Waals surface area contributed by atoms with Crippen molar-refractivity contribution in [1.82, 2.24) is 9.88 Å². The molecule has 4 N–H and O–H groups in total. The third-order valence-corrected chi connectivity index (χ3v) is 2.84. The molecule has 0 aliphatic heterocycles. The molecule has 7 nitrogen and oxygen atoms in total. The monoisotopic (exact) mass is 316 g/mol. The Kier molecular flexibility index (Phi) is 7.69. The van der Waals surface area contributed by atoms with Gasteiger partial charge in [-0.25, -0.2) is 0 Å². The number of rotatable bonds is 5. The molecule has 1 aromatic rings. The van der Waals surface area contributed by atoms with Crippen molar-refractivity contribution < 1.29 is 9.59 Å². The highest BCUT2D eigenvalue weighted by Crippen LogP contribution is 1.99. The highest BCUT2D eigenvalue weighted by molar-refractivity contribution is 5.95. The molecule has 21 heavy (non-hydrogen) atoms. The molecule has 8 heteroatoms. The van der Waals surface area contributed by atoms with E-state index in [2.05, 4.69) is 10.6 Å². The van der Waals surface area contributed by atoms with E-state index in [1.165, 1.54) is 10.6 Å². The van der Waals surface area contributed by atoms with E-state index in [0.29, 0.717) is 0 Å². The molecule has 1 atom stereocenters. The topological polar surface area (TPSA) is 106 Å². The lowest BCUT2D eigenvalue weighted by Crippen LogP contribution is -2.46. The van der Waals surface area contributed by atoms with Gasteiger partial charge in [-0.1, -0.05) is 13.8 Å². The van der Waals surface area contributed by atoms with E-state index in [4.69, 9.17) is 5.73 Å². The number of hydrogen-bond donors (Lipinski definition) is 3. The van der Waals surface area contributed by atoms with Crippen LogP contribution >= 0.6 is 12.4 Å². The normalized spacial score (nSPS) is 11.5. The van der Waals surface area contributed by atoms with Gasteiger partial charge < -0.3 is 20.9 Å². The van der Waals surface area contributed by atoms with Crippen LogP contribution in [0.25, 0.3) is 0 Å². The molecule has 0 radical (unpaired) electrons. The Morgan fingerprint density at radius 3 is 2.57 bits per heavy atom. The van der Waals surface area contributed by atoms with Crippen LogP contribution in [0.3, 0.4) is 0 Å². The molecular weight excluding hydrogens is 296 g/mol. The second kappa shape index (κ2) is 8.43. The van der Waals surface area contributed by atoms with Crippen LogP contribution in [0.5, 0.6) is 0 Å². The fraction of sp³-hybridized carbons (Fsp3) is 0.462. The average Bonchev–Trinajstić information content (AvgIpc) is 2.40. The number of carbonyl (C=O) groups excluding carboxylic acids is 2. The summed E-state index contributed by atoms with van der Waals surface area (Å²) in [4.78, 5) is 34.9. The van der Waals surface area contributed by atoms with Crippen molar-refractivity contribution in [2.24, 2.45) is 18.7 Å². The average molecular weight is 317 g/mol. The number of nitrogens with two attached hydrogens (primary N) is 1. The molecule has 0 aliphatic rings. The zero-order valence-electron chi connectivity index (χ0n) is 12.3. The van der Waals surface area contributed by atoms with Gasteiger partial charge in [0.1, 0.15) is 5.69 Å². The van der Waals surface area contributed by atoms with Gasteiger partial charge in [-0.05, 0) is 18.1 Å². The minimum Gasteiger partial charge on any atom is -0.346 e. The number of hydrogen-bond acceptors (Lipinski definition) is 4. The fourth-order valence-corrected chi connectivity index (χ4v) is 1.47. The molecule has 118 valence electrons. The molecule has 0 fully saturated rings. The smallest absolute Gasteiger partial charge is 0.274 e. The van der Waals surface area contributed by atoms with Crippen molar-refractivity contribution in [2.75, 3.05) is 11.9 Å². The number of amides is 2. The summed E-state index contributed by atoms with van der Waals surface area (Å²) in [5.41, 5.74) is 5.50. The lowest BCUT2D eigenvalue weighted by molar-refractivity contribution is -0.125. The Balaban J connectivity index is 0.00000400. The van der Waals surface area contributed by atoms with Crippen LogP contribution in [0, 0.1) is 5.92 Å². The summed E-state index contributed by atoms with van der Waals surface area (Å²) in [6.07, 6.45) is 1.58. The van der Waals surface area contributed by atoms with Gasteiger partial charge in [0.2, 0.25) is 11.8 Å². The summed E-state index contributed by atoms with van der Waals surface area (Å²) >= 11 is 0. The summed E-state index contributed by atoms with van der Waals surface area (Å²) < 4.78 is 1.35. The third kappa shape index (κ3) is 5.57. The molecule has 0 spiro atoms. The Labute approximate surface area is 129 Å². The van der Waals surface area contributed by atoms with Gasteiger partial charge >= 0.3 is 0 Å². The van der Waals surface area contributed by atoms with Crippen LogP contribution in [0.4, 0.5) is 5.69 Å². The van der Waals surface area contributed by atoms with Crippen molar-refractivity contribution in [2.45, 2.75) is 19.9 Å². The second-order valence-corrected chi connectivity index (χ2v) is 4.87. The van der Waals surface area contributed by atoms with E-state index < -0.39 is 17.9 Å². The van der Waals surface area contributed by atoms with Crippen molar-refractivity contribution in [3.63, 3.8) is 0 Å². The lowest BCUT2D eigenvalue weighted by Gasteiger charge is -2.15. The lowest BCUT2D eigenvalue weighted by atomic mass is 10.1. The molecule has 0 aliphatic carbocycles. The molecule has 0 bridgehead atoms. The van der Waals surface area contributed by atoms with Crippen LogP contribution in [-0.2, 0) is 16.6 Å². The van der Waals surface area contributed by atoms with Gasteiger partial charge in [0, 0.05) is 13.2 Å². The van der Waals surface area contributed by atoms with E-state index in [1.807, 2.05) is 13.8 Å². The highest BCUT2D eigenvalue weighted by Gasteiger charge is 2.17. The predicted octanol–water partition coefficient (Wildman–Crippen LogP) is -0.155. The molecule has 0 saturated carbocycles. The number of pyridine rings is 1. The quantitative estimate of drug-likeness (QED) is 0.702. The number of carbonyl (C=O) groups is 2. The Bertz CT molecular complexity index is 557. The van der Waals surface area contributed by atoms with E-state index in [0.717, 1.165) is 0 Å². The molecule has 1 heterocycles. The summed E-state index contributed by atoms with van der Waals surface area (Å²) in [6, 6.07) is 2.49. The van der Waals surface area contributed by atoms with E-state index in [-0.39, 0.29) is 36.1 Å². The molecule has 0 unspecified atom stereocenters. The standard InChI is InChI=1S/C13H20N4O3.ClH/c1-8(2)11(14)12(19)15-7-10(18)16-9-5-4-6-17(3)13(9)20;/h4-6,8,11H,7,14H2,1-3H3,(H,15,19)(H,16,18);1H/t11-;/m0./s1. The number of anilines is 1.